The van der Waals surface area contributed by atoms with Crippen molar-refractivity contribution in [2.24, 2.45) is 0 Å². The van der Waals surface area contributed by atoms with Gasteiger partial charge in [-0.3, -0.25) is 0 Å². The first-order valence-corrected chi connectivity index (χ1v) is 6.05. The molecule has 3 aromatic rings. The van der Waals surface area contributed by atoms with E-state index in [9.17, 15) is 13.6 Å². The lowest BCUT2D eigenvalue weighted by Crippen LogP contribution is -2.04. The molecule has 7 heteroatoms. The highest BCUT2D eigenvalue weighted by atomic mass is 19.2. The Morgan fingerprint density at radius 3 is 2.71 bits per heavy atom. The number of carboxylic acid groups (broad SMARTS) is 1. The number of rotatable bonds is 3. The molecule has 1 aromatic heterocycles. The summed E-state index contributed by atoms with van der Waals surface area (Å²) in [7, 11) is 0. The van der Waals surface area contributed by atoms with Crippen molar-refractivity contribution < 1.29 is 18.7 Å². The van der Waals surface area contributed by atoms with Crippen LogP contribution in [-0.2, 0) is 6.54 Å². The van der Waals surface area contributed by atoms with E-state index in [0.717, 1.165) is 12.1 Å². The van der Waals surface area contributed by atoms with Gasteiger partial charge in [-0.25, -0.2) is 18.3 Å². The predicted molar refractivity (Wildman–Crippen MR) is 69.9 cm³/mol. The van der Waals surface area contributed by atoms with Crippen LogP contribution >= 0.6 is 0 Å². The Morgan fingerprint density at radius 1 is 1.19 bits per heavy atom. The van der Waals surface area contributed by atoms with Gasteiger partial charge in [-0.1, -0.05) is 17.3 Å². The van der Waals surface area contributed by atoms with Gasteiger partial charge < -0.3 is 5.11 Å². The molecule has 0 fully saturated rings. The molecule has 0 atom stereocenters. The summed E-state index contributed by atoms with van der Waals surface area (Å²) in [6, 6.07) is 8.29. The van der Waals surface area contributed by atoms with Crippen LogP contribution in [0.3, 0.4) is 0 Å². The third-order valence-corrected chi connectivity index (χ3v) is 3.06. The summed E-state index contributed by atoms with van der Waals surface area (Å²) < 4.78 is 27.8. The third kappa shape index (κ3) is 2.45. The minimum Gasteiger partial charge on any atom is -0.478 e. The van der Waals surface area contributed by atoms with Crippen molar-refractivity contribution in [1.82, 2.24) is 15.0 Å². The summed E-state index contributed by atoms with van der Waals surface area (Å²) in [5, 5.41) is 16.5. The van der Waals surface area contributed by atoms with Crippen LogP contribution in [0.25, 0.3) is 11.0 Å². The molecule has 0 saturated carbocycles. The SMILES string of the molecule is O=C(O)c1cccc(Cn2nnc3cc(F)c(F)cc32)c1. The fraction of sp³-hybridized carbons (Fsp3) is 0.0714. The van der Waals surface area contributed by atoms with Gasteiger partial charge >= 0.3 is 5.97 Å². The molecular formula is C14H9F2N3O2. The third-order valence-electron chi connectivity index (χ3n) is 3.06. The molecule has 0 aliphatic heterocycles. The van der Waals surface area contributed by atoms with Gasteiger partial charge in [0.15, 0.2) is 11.6 Å². The summed E-state index contributed by atoms with van der Waals surface area (Å²) in [6.07, 6.45) is 0. The Hall–Kier alpha value is -2.83. The van der Waals surface area contributed by atoms with Gasteiger partial charge in [0.2, 0.25) is 0 Å². The number of carboxylic acids is 1. The smallest absolute Gasteiger partial charge is 0.335 e. The maximum Gasteiger partial charge on any atom is 0.335 e. The number of aromatic nitrogens is 3. The van der Waals surface area contributed by atoms with E-state index in [-0.39, 0.29) is 17.6 Å². The minimum atomic E-state index is -1.03. The molecule has 1 heterocycles. The summed E-state index contributed by atoms with van der Waals surface area (Å²) >= 11 is 0. The fourth-order valence-corrected chi connectivity index (χ4v) is 2.06. The van der Waals surface area contributed by atoms with E-state index >= 15 is 0 Å². The van der Waals surface area contributed by atoms with Gasteiger partial charge in [0.25, 0.3) is 0 Å². The molecule has 0 unspecified atom stereocenters. The lowest BCUT2D eigenvalue weighted by molar-refractivity contribution is 0.0696. The van der Waals surface area contributed by atoms with Crippen molar-refractivity contribution in [1.29, 1.82) is 0 Å². The van der Waals surface area contributed by atoms with E-state index < -0.39 is 17.6 Å². The summed E-state index contributed by atoms with van der Waals surface area (Å²) in [6.45, 7) is 0.211. The second-order valence-electron chi connectivity index (χ2n) is 4.51. The molecule has 1 N–H and O–H groups in total. The lowest BCUT2D eigenvalue weighted by Gasteiger charge is -2.04. The van der Waals surface area contributed by atoms with Crippen molar-refractivity contribution in [3.63, 3.8) is 0 Å². The van der Waals surface area contributed by atoms with Crippen molar-refractivity contribution in [2.75, 3.05) is 0 Å². The number of nitrogens with zero attached hydrogens (tertiary/aromatic N) is 3. The molecule has 0 saturated heterocycles. The number of aromatic carboxylic acids is 1. The zero-order chi connectivity index (χ0) is 15.0. The molecule has 0 spiro atoms. The van der Waals surface area contributed by atoms with Crippen LogP contribution in [0.2, 0.25) is 0 Å². The van der Waals surface area contributed by atoms with E-state index in [1.54, 1.807) is 12.1 Å². The number of hydrogen-bond acceptors (Lipinski definition) is 3. The van der Waals surface area contributed by atoms with E-state index in [1.165, 1.54) is 16.8 Å². The Morgan fingerprint density at radius 2 is 1.95 bits per heavy atom. The minimum absolute atomic E-state index is 0.147. The number of fused-ring (bicyclic) bond motifs is 1. The molecule has 0 aliphatic rings. The summed E-state index contributed by atoms with van der Waals surface area (Å²) in [4.78, 5) is 10.9. The molecule has 21 heavy (non-hydrogen) atoms. The van der Waals surface area contributed by atoms with Crippen LogP contribution in [0, 0.1) is 11.6 Å². The Bertz CT molecular complexity index is 845. The average molecular weight is 289 g/mol. The highest BCUT2D eigenvalue weighted by molar-refractivity contribution is 5.87. The first-order chi connectivity index (χ1) is 10.0. The van der Waals surface area contributed by atoms with Crippen molar-refractivity contribution >= 4 is 17.0 Å². The number of halogens is 2. The van der Waals surface area contributed by atoms with Gasteiger partial charge in [-0.2, -0.15) is 0 Å². The zero-order valence-electron chi connectivity index (χ0n) is 10.6. The average Bonchev–Trinajstić information content (AvgIpc) is 2.82. The normalized spacial score (nSPS) is 11.0. The largest absolute Gasteiger partial charge is 0.478 e. The second kappa shape index (κ2) is 4.93. The van der Waals surface area contributed by atoms with Crippen molar-refractivity contribution in [2.45, 2.75) is 6.54 Å². The molecular weight excluding hydrogens is 280 g/mol. The van der Waals surface area contributed by atoms with E-state index in [1.807, 2.05) is 0 Å². The van der Waals surface area contributed by atoms with E-state index in [0.29, 0.717) is 11.1 Å². The van der Waals surface area contributed by atoms with Gasteiger partial charge in [-0.15, -0.1) is 5.10 Å². The predicted octanol–water partition coefficient (Wildman–Crippen LogP) is 2.46. The zero-order valence-corrected chi connectivity index (χ0v) is 10.6. The Kier molecular flexibility index (Phi) is 3.09. The molecule has 0 bridgehead atoms. The van der Waals surface area contributed by atoms with Gasteiger partial charge in [0.1, 0.15) is 5.52 Å². The fourth-order valence-electron chi connectivity index (χ4n) is 2.06. The molecule has 0 amide bonds. The highest BCUT2D eigenvalue weighted by Gasteiger charge is 2.11. The molecule has 3 rings (SSSR count). The van der Waals surface area contributed by atoms with E-state index in [4.69, 9.17) is 5.11 Å². The quantitative estimate of drug-likeness (QED) is 0.804. The lowest BCUT2D eigenvalue weighted by atomic mass is 10.1. The van der Waals surface area contributed by atoms with Gasteiger partial charge in [0, 0.05) is 12.1 Å². The van der Waals surface area contributed by atoms with Crippen molar-refractivity contribution in [3.8, 4) is 0 Å². The topological polar surface area (TPSA) is 68.0 Å². The van der Waals surface area contributed by atoms with Crippen LogP contribution in [-0.4, -0.2) is 26.1 Å². The number of carbonyl (C=O) groups is 1. The highest BCUT2D eigenvalue weighted by Crippen LogP contribution is 2.17. The molecule has 0 radical (unpaired) electrons. The van der Waals surface area contributed by atoms with Gasteiger partial charge in [0.05, 0.1) is 17.6 Å². The number of benzene rings is 2. The van der Waals surface area contributed by atoms with Crippen LogP contribution in [0.5, 0.6) is 0 Å². The maximum atomic E-state index is 13.3. The maximum absolute atomic E-state index is 13.3. The Labute approximate surface area is 117 Å². The molecule has 0 aliphatic carbocycles. The van der Waals surface area contributed by atoms with Crippen molar-refractivity contribution in [3.05, 3.63) is 59.2 Å². The first-order valence-electron chi connectivity index (χ1n) is 6.05. The summed E-state index contributed by atoms with van der Waals surface area (Å²) in [5.41, 5.74) is 1.40. The molecule has 5 nitrogen and oxygen atoms in total. The monoisotopic (exact) mass is 289 g/mol. The number of hydrogen-bond donors (Lipinski definition) is 1. The van der Waals surface area contributed by atoms with Crippen LogP contribution in [0.4, 0.5) is 8.78 Å². The van der Waals surface area contributed by atoms with E-state index in [2.05, 4.69) is 10.3 Å². The second-order valence-corrected chi connectivity index (χ2v) is 4.51. The van der Waals surface area contributed by atoms with Crippen LogP contribution in [0.15, 0.2) is 36.4 Å². The summed E-state index contributed by atoms with van der Waals surface area (Å²) in [5.74, 6) is -3.00. The first kappa shape index (κ1) is 13.2. The Balaban J connectivity index is 2.00. The van der Waals surface area contributed by atoms with Crippen LogP contribution < -0.4 is 0 Å². The molecule has 2 aromatic carbocycles. The van der Waals surface area contributed by atoms with Gasteiger partial charge in [-0.05, 0) is 17.7 Å². The van der Waals surface area contributed by atoms with Crippen LogP contribution in [0.1, 0.15) is 15.9 Å². The standard InChI is InChI=1S/C14H9F2N3O2/c15-10-5-12-13(6-11(10)16)19(18-17-12)7-8-2-1-3-9(4-8)14(20)21/h1-6H,7H2,(H,20,21). The molecule has 106 valence electrons.